The quantitative estimate of drug-likeness (QED) is 0.229. The maximum atomic E-state index is 11.4. The van der Waals surface area contributed by atoms with E-state index < -0.39 is 73.8 Å². The van der Waals surface area contributed by atoms with Crippen LogP contribution in [0.4, 0.5) is 0 Å². The smallest absolute Gasteiger partial charge is 0.187 e. The van der Waals surface area contributed by atoms with Crippen LogP contribution in [0.2, 0.25) is 0 Å². The van der Waals surface area contributed by atoms with E-state index in [-0.39, 0.29) is 23.0 Å². The van der Waals surface area contributed by atoms with E-state index in [0.717, 1.165) is 38.7 Å². The highest BCUT2D eigenvalue weighted by molar-refractivity contribution is 5.26. The summed E-state index contributed by atoms with van der Waals surface area (Å²) in [4.78, 5) is 0. The molecule has 0 radical (unpaired) electrons. The molecule has 12 nitrogen and oxygen atoms in total. The monoisotopic (exact) mass is 722 g/mol. The summed E-state index contributed by atoms with van der Waals surface area (Å²) < 4.78 is 37.2. The van der Waals surface area contributed by atoms with E-state index in [0.29, 0.717) is 41.9 Å². The van der Waals surface area contributed by atoms with E-state index in [4.69, 9.17) is 28.4 Å². The van der Waals surface area contributed by atoms with Crippen LogP contribution in [0.1, 0.15) is 92.4 Å². The zero-order valence-electron chi connectivity index (χ0n) is 30.9. The van der Waals surface area contributed by atoms with Crippen molar-refractivity contribution in [1.82, 2.24) is 0 Å². The fourth-order valence-electron chi connectivity index (χ4n) is 12.6. The van der Waals surface area contributed by atoms with Crippen molar-refractivity contribution in [3.05, 3.63) is 11.6 Å². The van der Waals surface area contributed by atoms with Crippen LogP contribution in [0.15, 0.2) is 11.6 Å². The van der Waals surface area contributed by atoms with Crippen molar-refractivity contribution in [2.75, 3.05) is 13.2 Å². The first-order chi connectivity index (χ1) is 24.2. The summed E-state index contributed by atoms with van der Waals surface area (Å²) in [7, 11) is 0. The van der Waals surface area contributed by atoms with Crippen LogP contribution >= 0.6 is 0 Å². The number of fused-ring (bicyclic) bond motifs is 7. The van der Waals surface area contributed by atoms with E-state index in [1.807, 2.05) is 0 Å². The molecule has 7 fully saturated rings. The van der Waals surface area contributed by atoms with Crippen molar-refractivity contribution < 1.29 is 59.1 Å². The third-order valence-electron chi connectivity index (χ3n) is 15.6. The molecule has 0 amide bonds. The molecular weight excluding hydrogens is 660 g/mol. The minimum atomic E-state index is -1.62. The van der Waals surface area contributed by atoms with Crippen LogP contribution in [0.5, 0.6) is 0 Å². The minimum Gasteiger partial charge on any atom is -0.394 e. The molecule has 8 rings (SSSR count). The summed E-state index contributed by atoms with van der Waals surface area (Å²) >= 11 is 0. The molecule has 0 aromatic carbocycles. The number of aliphatic hydroxyl groups excluding tert-OH is 6. The molecule has 0 aromatic heterocycles. The Balaban J connectivity index is 0.939. The average molecular weight is 723 g/mol. The molecular formula is C39H62O12. The third kappa shape index (κ3) is 5.84. The predicted molar refractivity (Wildman–Crippen MR) is 182 cm³/mol. The number of rotatable bonds is 5. The number of hydrogen-bond donors (Lipinski definition) is 6. The fourth-order valence-corrected chi connectivity index (χ4v) is 12.6. The maximum absolute atomic E-state index is 11.4. The third-order valence-corrected chi connectivity index (χ3v) is 15.6. The van der Waals surface area contributed by atoms with E-state index in [1.165, 1.54) is 31.8 Å². The Kier molecular flexibility index (Phi) is 9.83. The van der Waals surface area contributed by atoms with Crippen LogP contribution < -0.4 is 0 Å². The first-order valence-corrected chi connectivity index (χ1v) is 19.8. The molecule has 4 saturated heterocycles. The van der Waals surface area contributed by atoms with Gasteiger partial charge in [0.15, 0.2) is 18.4 Å². The molecule has 290 valence electrons. The van der Waals surface area contributed by atoms with Gasteiger partial charge in [0.2, 0.25) is 0 Å². The lowest BCUT2D eigenvalue weighted by Crippen LogP contribution is -2.64. The molecule has 21 atom stereocenters. The fraction of sp³-hybridized carbons (Fsp3) is 0.949. The molecule has 4 aliphatic heterocycles. The first kappa shape index (κ1) is 37.2. The molecule has 0 unspecified atom stereocenters. The Morgan fingerprint density at radius 1 is 0.824 bits per heavy atom. The molecule has 0 aromatic rings. The second-order valence-electron chi connectivity index (χ2n) is 18.3. The highest BCUT2D eigenvalue weighted by Crippen LogP contribution is 2.70. The van der Waals surface area contributed by atoms with Gasteiger partial charge >= 0.3 is 0 Å². The second-order valence-corrected chi connectivity index (χ2v) is 18.3. The van der Waals surface area contributed by atoms with Gasteiger partial charge < -0.3 is 59.1 Å². The van der Waals surface area contributed by atoms with Crippen LogP contribution in [0, 0.1) is 46.3 Å². The van der Waals surface area contributed by atoms with Crippen molar-refractivity contribution in [3.63, 3.8) is 0 Å². The Labute approximate surface area is 301 Å². The summed E-state index contributed by atoms with van der Waals surface area (Å²) in [5.74, 6) is 2.96. The van der Waals surface area contributed by atoms with Crippen LogP contribution in [0.25, 0.3) is 0 Å². The molecule has 8 aliphatic rings. The van der Waals surface area contributed by atoms with Gasteiger partial charge in [-0.05, 0) is 98.7 Å². The molecule has 1 spiro atoms. The summed E-state index contributed by atoms with van der Waals surface area (Å²) in [6, 6.07) is 0. The van der Waals surface area contributed by atoms with Gasteiger partial charge in [-0.15, -0.1) is 0 Å². The topological polar surface area (TPSA) is 177 Å². The van der Waals surface area contributed by atoms with Gasteiger partial charge in [0.1, 0.15) is 42.7 Å². The van der Waals surface area contributed by atoms with E-state index in [2.05, 4.69) is 33.8 Å². The van der Waals surface area contributed by atoms with Gasteiger partial charge in [-0.3, -0.25) is 0 Å². The lowest BCUT2D eigenvalue weighted by molar-refractivity contribution is -0.361. The highest BCUT2D eigenvalue weighted by Gasteiger charge is 2.68. The first-order valence-electron chi connectivity index (χ1n) is 19.8. The Morgan fingerprint density at radius 3 is 2.31 bits per heavy atom. The number of allylic oxidation sites excluding steroid dienone is 1. The molecule has 6 N–H and O–H groups in total. The van der Waals surface area contributed by atoms with Gasteiger partial charge in [-0.1, -0.05) is 39.3 Å². The highest BCUT2D eigenvalue weighted by atomic mass is 16.7. The molecule has 0 bridgehead atoms. The summed E-state index contributed by atoms with van der Waals surface area (Å²) in [6.45, 7) is 11.5. The summed E-state index contributed by atoms with van der Waals surface area (Å²) in [5, 5.41) is 63.2. The molecule has 51 heavy (non-hydrogen) atoms. The largest absolute Gasteiger partial charge is 0.394 e. The van der Waals surface area contributed by atoms with Crippen molar-refractivity contribution in [2.24, 2.45) is 46.3 Å². The second kappa shape index (κ2) is 13.5. The normalized spacial score (nSPS) is 58.4. The van der Waals surface area contributed by atoms with Crippen LogP contribution in [-0.4, -0.2) is 123 Å². The van der Waals surface area contributed by atoms with Crippen molar-refractivity contribution in [1.29, 1.82) is 0 Å². The summed E-state index contributed by atoms with van der Waals surface area (Å²) in [6.07, 6.45) is -1.66. The summed E-state index contributed by atoms with van der Waals surface area (Å²) in [5.41, 5.74) is 1.72. The SMILES string of the molecule is C[C@@H]1CC[C@]2(OC1)O[C@@H]1C[C@@H]3[C@@H]4CC=C5C[C@H](O[C@H]6O[C@H](CO)[C@@H](O)[C@H](O[C@H]7O[C@H](C)[C@@H](O)[C@H](O)[C@H]7O)[C@@H]6O)CC[C@]5(C)[C@@H]4CC[C@]3(C)[C@@H]1[C@H]2C. The number of ether oxygens (including phenoxy) is 6. The minimum absolute atomic E-state index is 0.0657. The Morgan fingerprint density at radius 2 is 1.59 bits per heavy atom. The van der Waals surface area contributed by atoms with E-state index in [1.54, 1.807) is 0 Å². The molecule has 3 saturated carbocycles. The zero-order valence-corrected chi connectivity index (χ0v) is 30.9. The zero-order chi connectivity index (χ0) is 36.2. The lowest BCUT2D eigenvalue weighted by Gasteiger charge is -2.58. The Bertz CT molecular complexity index is 1300. The molecule has 4 heterocycles. The van der Waals surface area contributed by atoms with Crippen LogP contribution in [0.3, 0.4) is 0 Å². The van der Waals surface area contributed by atoms with Crippen molar-refractivity contribution in [3.8, 4) is 0 Å². The Hall–Kier alpha value is -0.740. The maximum Gasteiger partial charge on any atom is 0.187 e. The predicted octanol–water partition coefficient (Wildman–Crippen LogP) is 2.39. The molecule has 4 aliphatic carbocycles. The molecule has 12 heteroatoms. The van der Waals surface area contributed by atoms with Crippen molar-refractivity contribution in [2.45, 2.75) is 172 Å². The van der Waals surface area contributed by atoms with Gasteiger partial charge in [0.05, 0.1) is 31.5 Å². The van der Waals surface area contributed by atoms with E-state index >= 15 is 0 Å². The van der Waals surface area contributed by atoms with Gasteiger partial charge in [0.25, 0.3) is 0 Å². The van der Waals surface area contributed by atoms with Crippen LogP contribution in [-0.2, 0) is 28.4 Å². The standard InChI is InChI=1S/C39H62O12/c1-18-8-13-39(46-17-18)19(2)28-26(51-39)15-25-23-7-6-21-14-22(9-11-37(21,4)24(23)10-12-38(25,28)5)48-36-33(45)34(30(42)27(16-40)49-36)50-35-32(44)31(43)29(41)20(3)47-35/h6,18-20,22-36,40-45H,7-17H2,1-5H3/t18-,19-,20-,22-,23-,24-,25-,26-,27-,28-,29-,30-,31+,32-,33+,34+,35-,36+,37+,38+,39+/m1/s1. The number of hydrogen-bond acceptors (Lipinski definition) is 12. The number of aliphatic hydroxyl groups is 6. The average Bonchev–Trinajstić information content (AvgIpc) is 3.56. The lowest BCUT2D eigenvalue weighted by atomic mass is 9.47. The van der Waals surface area contributed by atoms with Gasteiger partial charge in [0, 0.05) is 12.3 Å². The van der Waals surface area contributed by atoms with E-state index in [9.17, 15) is 30.6 Å². The van der Waals surface area contributed by atoms with Gasteiger partial charge in [-0.2, -0.15) is 0 Å². The van der Waals surface area contributed by atoms with Crippen molar-refractivity contribution >= 4 is 0 Å². The van der Waals surface area contributed by atoms with Gasteiger partial charge in [-0.25, -0.2) is 0 Å².